The quantitative estimate of drug-likeness (QED) is 0.789. The molecule has 1 aliphatic rings. The van der Waals surface area contributed by atoms with Crippen molar-refractivity contribution in [2.45, 2.75) is 18.9 Å². The molecule has 1 fully saturated rings. The molecular weight excluding hydrogens is 206 g/mol. The standard InChI is InChI=1S/C12H15NO3/c1-12(7-8-13(2)11(15)16-12)9-5-3-4-6-10(9)14/h3-6,14H,7-8H2,1-2H3. The molecule has 0 bridgehead atoms. The normalized spacial score (nSPS) is 25.4. The molecule has 1 atom stereocenters. The van der Waals surface area contributed by atoms with Crippen molar-refractivity contribution in [3.8, 4) is 5.75 Å². The van der Waals surface area contributed by atoms with Gasteiger partial charge in [0, 0.05) is 25.6 Å². The number of hydrogen-bond acceptors (Lipinski definition) is 3. The summed E-state index contributed by atoms with van der Waals surface area (Å²) in [6.07, 6.45) is 0.323. The highest BCUT2D eigenvalue weighted by molar-refractivity contribution is 5.69. The molecule has 1 N–H and O–H groups in total. The molecule has 0 saturated carbocycles. The van der Waals surface area contributed by atoms with Crippen LogP contribution in [0.1, 0.15) is 18.9 Å². The first-order valence-corrected chi connectivity index (χ1v) is 5.25. The number of phenolic OH excluding ortho intramolecular Hbond substituents is 1. The Hall–Kier alpha value is -1.71. The van der Waals surface area contributed by atoms with Crippen molar-refractivity contribution in [1.82, 2.24) is 4.90 Å². The van der Waals surface area contributed by atoms with Gasteiger partial charge in [-0.15, -0.1) is 0 Å². The van der Waals surface area contributed by atoms with E-state index in [9.17, 15) is 9.90 Å². The maximum absolute atomic E-state index is 11.5. The van der Waals surface area contributed by atoms with Gasteiger partial charge in [-0.1, -0.05) is 18.2 Å². The highest BCUT2D eigenvalue weighted by Gasteiger charge is 2.38. The van der Waals surface area contributed by atoms with E-state index in [0.717, 1.165) is 0 Å². The van der Waals surface area contributed by atoms with Gasteiger partial charge in [-0.2, -0.15) is 0 Å². The lowest BCUT2D eigenvalue weighted by atomic mass is 9.90. The first-order chi connectivity index (χ1) is 7.53. The molecule has 0 aromatic heterocycles. The maximum Gasteiger partial charge on any atom is 0.410 e. The van der Waals surface area contributed by atoms with Crippen molar-refractivity contribution in [1.29, 1.82) is 0 Å². The number of phenols is 1. The molecule has 0 spiro atoms. The zero-order valence-electron chi connectivity index (χ0n) is 9.43. The Morgan fingerprint density at radius 3 is 2.75 bits per heavy atom. The average molecular weight is 221 g/mol. The molecule has 1 aromatic rings. The minimum absolute atomic E-state index is 0.169. The predicted molar refractivity (Wildman–Crippen MR) is 59.2 cm³/mol. The molecule has 2 rings (SSSR count). The average Bonchev–Trinajstić information content (AvgIpc) is 2.25. The predicted octanol–water partition coefficient (Wildman–Crippen LogP) is 2.08. The third-order valence-corrected chi connectivity index (χ3v) is 3.02. The minimum atomic E-state index is -0.727. The third kappa shape index (κ3) is 1.71. The number of benzene rings is 1. The van der Waals surface area contributed by atoms with Gasteiger partial charge in [-0.25, -0.2) is 4.79 Å². The van der Waals surface area contributed by atoms with E-state index in [1.807, 2.05) is 13.0 Å². The van der Waals surface area contributed by atoms with Crippen molar-refractivity contribution >= 4 is 6.09 Å². The van der Waals surface area contributed by atoms with Crippen molar-refractivity contribution in [2.24, 2.45) is 0 Å². The second kappa shape index (κ2) is 3.70. The van der Waals surface area contributed by atoms with E-state index in [0.29, 0.717) is 18.5 Å². The van der Waals surface area contributed by atoms with Crippen molar-refractivity contribution in [3.05, 3.63) is 29.8 Å². The molecule has 86 valence electrons. The van der Waals surface area contributed by atoms with Crippen LogP contribution >= 0.6 is 0 Å². The topological polar surface area (TPSA) is 49.8 Å². The van der Waals surface area contributed by atoms with Crippen LogP contribution in [-0.2, 0) is 10.3 Å². The van der Waals surface area contributed by atoms with Crippen LogP contribution in [0.15, 0.2) is 24.3 Å². The van der Waals surface area contributed by atoms with Gasteiger partial charge in [0.2, 0.25) is 0 Å². The molecule has 0 aliphatic carbocycles. The number of carbonyl (C=O) groups excluding carboxylic acids is 1. The fourth-order valence-electron chi connectivity index (χ4n) is 1.90. The monoisotopic (exact) mass is 221 g/mol. The third-order valence-electron chi connectivity index (χ3n) is 3.02. The summed E-state index contributed by atoms with van der Waals surface area (Å²) in [6, 6.07) is 6.96. The molecule has 1 saturated heterocycles. The van der Waals surface area contributed by atoms with Gasteiger partial charge >= 0.3 is 6.09 Å². The number of nitrogens with zero attached hydrogens (tertiary/aromatic N) is 1. The first-order valence-electron chi connectivity index (χ1n) is 5.25. The van der Waals surface area contributed by atoms with Gasteiger partial charge < -0.3 is 14.7 Å². The lowest BCUT2D eigenvalue weighted by Crippen LogP contribution is -2.44. The molecule has 1 heterocycles. The molecular formula is C12H15NO3. The van der Waals surface area contributed by atoms with E-state index < -0.39 is 5.60 Å². The lowest BCUT2D eigenvalue weighted by Gasteiger charge is -2.37. The lowest BCUT2D eigenvalue weighted by molar-refractivity contribution is -0.0361. The number of ether oxygens (including phenoxy) is 1. The van der Waals surface area contributed by atoms with Crippen LogP contribution in [0.5, 0.6) is 5.75 Å². The molecule has 4 nitrogen and oxygen atoms in total. The number of amides is 1. The minimum Gasteiger partial charge on any atom is -0.508 e. The first kappa shape index (κ1) is 10.8. The Morgan fingerprint density at radius 1 is 1.44 bits per heavy atom. The molecule has 4 heteroatoms. The number of rotatable bonds is 1. The summed E-state index contributed by atoms with van der Waals surface area (Å²) in [4.78, 5) is 13.0. The molecule has 16 heavy (non-hydrogen) atoms. The second-order valence-corrected chi connectivity index (χ2v) is 4.29. The zero-order chi connectivity index (χ0) is 11.8. The van der Waals surface area contributed by atoms with Crippen LogP contribution < -0.4 is 0 Å². The van der Waals surface area contributed by atoms with Gasteiger partial charge in [-0.05, 0) is 13.0 Å². The highest BCUT2D eigenvalue weighted by Crippen LogP contribution is 2.37. The van der Waals surface area contributed by atoms with Gasteiger partial charge in [0.25, 0.3) is 0 Å². The Morgan fingerprint density at radius 2 is 2.12 bits per heavy atom. The number of para-hydroxylation sites is 1. The summed E-state index contributed by atoms with van der Waals surface area (Å²) < 4.78 is 5.38. The number of aromatic hydroxyl groups is 1. The van der Waals surface area contributed by atoms with Crippen molar-refractivity contribution < 1.29 is 14.6 Å². The summed E-state index contributed by atoms with van der Waals surface area (Å²) >= 11 is 0. The number of carbonyl (C=O) groups is 1. The van der Waals surface area contributed by atoms with Crippen LogP contribution in [0, 0.1) is 0 Å². The van der Waals surface area contributed by atoms with E-state index >= 15 is 0 Å². The van der Waals surface area contributed by atoms with Crippen molar-refractivity contribution in [2.75, 3.05) is 13.6 Å². The van der Waals surface area contributed by atoms with Gasteiger partial charge in [-0.3, -0.25) is 0 Å². The second-order valence-electron chi connectivity index (χ2n) is 4.29. The summed E-state index contributed by atoms with van der Waals surface area (Å²) in [7, 11) is 1.70. The van der Waals surface area contributed by atoms with Crippen molar-refractivity contribution in [3.63, 3.8) is 0 Å². The molecule has 1 aliphatic heterocycles. The Balaban J connectivity index is 2.33. The summed E-state index contributed by atoms with van der Waals surface area (Å²) in [5, 5.41) is 9.78. The maximum atomic E-state index is 11.5. The highest BCUT2D eigenvalue weighted by atomic mass is 16.6. The van der Waals surface area contributed by atoms with E-state index in [2.05, 4.69) is 0 Å². The summed E-state index contributed by atoms with van der Waals surface area (Å²) in [5.74, 6) is 0.169. The smallest absolute Gasteiger partial charge is 0.410 e. The fraction of sp³-hybridized carbons (Fsp3) is 0.417. The Kier molecular flexibility index (Phi) is 2.50. The van der Waals surface area contributed by atoms with E-state index in [4.69, 9.17) is 4.74 Å². The molecule has 1 unspecified atom stereocenters. The Labute approximate surface area is 94.4 Å². The molecule has 0 radical (unpaired) electrons. The van der Waals surface area contributed by atoms with Crippen LogP contribution in [0.2, 0.25) is 0 Å². The molecule has 1 amide bonds. The number of hydrogen-bond donors (Lipinski definition) is 1. The van der Waals surface area contributed by atoms with Gasteiger partial charge in [0.15, 0.2) is 0 Å². The van der Waals surface area contributed by atoms with Crippen LogP contribution in [0.25, 0.3) is 0 Å². The Bertz CT molecular complexity index is 418. The molecule has 1 aromatic carbocycles. The van der Waals surface area contributed by atoms with E-state index in [-0.39, 0.29) is 11.8 Å². The van der Waals surface area contributed by atoms with E-state index in [1.165, 1.54) is 4.90 Å². The van der Waals surface area contributed by atoms with Gasteiger partial charge in [0.05, 0.1) is 0 Å². The number of cyclic esters (lactones) is 1. The largest absolute Gasteiger partial charge is 0.508 e. The fourth-order valence-corrected chi connectivity index (χ4v) is 1.90. The van der Waals surface area contributed by atoms with Crippen LogP contribution in [0.3, 0.4) is 0 Å². The van der Waals surface area contributed by atoms with Crippen LogP contribution in [0.4, 0.5) is 4.79 Å². The van der Waals surface area contributed by atoms with E-state index in [1.54, 1.807) is 25.2 Å². The van der Waals surface area contributed by atoms with Gasteiger partial charge in [0.1, 0.15) is 11.4 Å². The SMILES string of the molecule is CN1CCC(C)(c2ccccc2O)OC1=O. The van der Waals surface area contributed by atoms with Crippen LogP contribution in [-0.4, -0.2) is 29.7 Å². The summed E-state index contributed by atoms with van der Waals surface area (Å²) in [5.41, 5.74) is -0.0639. The summed E-state index contributed by atoms with van der Waals surface area (Å²) in [6.45, 7) is 2.45. The zero-order valence-corrected chi connectivity index (χ0v) is 9.43.